The van der Waals surface area contributed by atoms with Gasteiger partial charge in [-0.25, -0.2) is 4.90 Å². The third kappa shape index (κ3) is 4.52. The van der Waals surface area contributed by atoms with Crippen molar-refractivity contribution in [2.24, 2.45) is 5.92 Å². The SMILES string of the molecule is COc1ccc(NC(=O)Cn2c3c(sc2=O)[C@@H](c2ccccc2)[C@H]2C(=O)N(c4ccc(C)cc4)C(=O)[C@H]2S3)cc1. The minimum Gasteiger partial charge on any atom is -0.497 e. The maximum atomic E-state index is 13.9. The molecule has 2 aliphatic heterocycles. The monoisotopic (exact) mass is 571 g/mol. The van der Waals surface area contributed by atoms with Crippen LogP contribution in [0, 0.1) is 12.8 Å². The van der Waals surface area contributed by atoms with Gasteiger partial charge in [0.2, 0.25) is 17.7 Å². The standard InChI is InChI=1S/C30H25N3O5S2/c1-17-8-12-20(13-9-17)33-27(35)24-23(18-6-4-3-5-7-18)26-29(39-25(24)28(33)36)32(30(37)40-26)16-22(34)31-19-10-14-21(38-2)15-11-19/h3-15,23-25H,16H2,1-2H3,(H,31,34)/t23-,24+,25-/m0/s1. The highest BCUT2D eigenvalue weighted by Gasteiger charge is 2.56. The minimum absolute atomic E-state index is 0.216. The molecule has 0 unspecified atom stereocenters. The van der Waals surface area contributed by atoms with E-state index in [1.807, 2.05) is 49.4 Å². The Morgan fingerprint density at radius 1 is 0.925 bits per heavy atom. The number of methoxy groups -OCH3 is 1. The molecule has 202 valence electrons. The fraction of sp³-hybridized carbons (Fsp3) is 0.200. The van der Waals surface area contributed by atoms with Gasteiger partial charge in [0.25, 0.3) is 0 Å². The van der Waals surface area contributed by atoms with E-state index in [4.69, 9.17) is 4.74 Å². The van der Waals surface area contributed by atoms with Crippen molar-refractivity contribution in [2.75, 3.05) is 17.3 Å². The summed E-state index contributed by atoms with van der Waals surface area (Å²) in [5.41, 5.74) is 2.98. The second-order valence-corrected chi connectivity index (χ2v) is 11.8. The zero-order chi connectivity index (χ0) is 28.0. The Labute approximate surface area is 238 Å². The number of benzene rings is 3. The number of amides is 3. The van der Waals surface area contributed by atoms with E-state index < -0.39 is 17.1 Å². The molecule has 6 rings (SSSR count). The largest absolute Gasteiger partial charge is 0.497 e. The molecular formula is C30H25N3O5S2. The number of fused-ring (bicyclic) bond motifs is 2. The van der Waals surface area contributed by atoms with Gasteiger partial charge in [0.1, 0.15) is 17.5 Å². The molecule has 3 amide bonds. The van der Waals surface area contributed by atoms with E-state index in [9.17, 15) is 19.2 Å². The number of nitrogens with one attached hydrogen (secondary N) is 1. The Balaban J connectivity index is 1.37. The summed E-state index contributed by atoms with van der Waals surface area (Å²) in [6.07, 6.45) is 0. The second-order valence-electron chi connectivity index (χ2n) is 9.70. The predicted octanol–water partition coefficient (Wildman–Crippen LogP) is 4.66. The number of thiazole rings is 1. The lowest BCUT2D eigenvalue weighted by Gasteiger charge is -2.30. The molecule has 1 saturated heterocycles. The summed E-state index contributed by atoms with van der Waals surface area (Å²) in [4.78, 5) is 55.6. The molecule has 3 atom stereocenters. The van der Waals surface area contributed by atoms with Crippen LogP contribution in [0.15, 0.2) is 88.7 Å². The molecule has 0 aliphatic carbocycles. The first kappa shape index (κ1) is 26.1. The molecular weight excluding hydrogens is 546 g/mol. The maximum absolute atomic E-state index is 13.9. The summed E-state index contributed by atoms with van der Waals surface area (Å²) in [6.45, 7) is 1.73. The van der Waals surface area contributed by atoms with Gasteiger partial charge < -0.3 is 10.1 Å². The van der Waals surface area contributed by atoms with Crippen LogP contribution in [0.25, 0.3) is 0 Å². The number of rotatable bonds is 6. The predicted molar refractivity (Wildman–Crippen MR) is 155 cm³/mol. The highest BCUT2D eigenvalue weighted by atomic mass is 32.2. The molecule has 0 bridgehead atoms. The van der Waals surface area contributed by atoms with Crippen LogP contribution in [-0.4, -0.2) is 34.6 Å². The van der Waals surface area contributed by atoms with Gasteiger partial charge in [-0.1, -0.05) is 71.1 Å². The normalized spacial score (nSPS) is 19.8. The summed E-state index contributed by atoms with van der Waals surface area (Å²) in [6, 6.07) is 23.7. The highest BCUT2D eigenvalue weighted by molar-refractivity contribution is 8.00. The number of hydrogen-bond acceptors (Lipinski definition) is 7. The first-order valence-electron chi connectivity index (χ1n) is 12.7. The fourth-order valence-electron chi connectivity index (χ4n) is 5.24. The van der Waals surface area contributed by atoms with Crippen molar-refractivity contribution in [1.29, 1.82) is 0 Å². The summed E-state index contributed by atoms with van der Waals surface area (Å²) in [7, 11) is 1.56. The molecule has 2 aliphatic rings. The Morgan fingerprint density at radius 3 is 2.30 bits per heavy atom. The number of imide groups is 1. The Bertz CT molecular complexity index is 1660. The first-order chi connectivity index (χ1) is 19.4. The average molecular weight is 572 g/mol. The van der Waals surface area contributed by atoms with E-state index in [1.54, 1.807) is 43.5 Å². The maximum Gasteiger partial charge on any atom is 0.308 e. The van der Waals surface area contributed by atoms with Gasteiger partial charge in [-0.2, -0.15) is 0 Å². The molecule has 40 heavy (non-hydrogen) atoms. The highest BCUT2D eigenvalue weighted by Crippen LogP contribution is 2.53. The van der Waals surface area contributed by atoms with E-state index in [2.05, 4.69) is 5.32 Å². The molecule has 0 radical (unpaired) electrons. The molecule has 4 aromatic rings. The number of carbonyl (C=O) groups excluding carboxylic acids is 3. The van der Waals surface area contributed by atoms with Crippen molar-refractivity contribution in [2.45, 2.75) is 29.7 Å². The molecule has 1 fully saturated rings. The van der Waals surface area contributed by atoms with Gasteiger partial charge in [0, 0.05) is 16.5 Å². The second kappa shape index (κ2) is 10.4. The van der Waals surface area contributed by atoms with E-state index in [0.717, 1.165) is 22.5 Å². The van der Waals surface area contributed by atoms with Crippen molar-refractivity contribution in [1.82, 2.24) is 4.57 Å². The molecule has 1 N–H and O–H groups in total. The van der Waals surface area contributed by atoms with Gasteiger partial charge in [-0.15, -0.1) is 0 Å². The lowest BCUT2D eigenvalue weighted by molar-refractivity contribution is -0.122. The number of nitrogens with zero attached hydrogens (tertiary/aromatic N) is 2. The Kier molecular flexibility index (Phi) is 6.81. The fourth-order valence-corrected chi connectivity index (χ4v) is 8.01. The van der Waals surface area contributed by atoms with E-state index >= 15 is 0 Å². The van der Waals surface area contributed by atoms with Gasteiger partial charge >= 0.3 is 4.87 Å². The van der Waals surface area contributed by atoms with Gasteiger partial charge in [-0.05, 0) is 48.9 Å². The zero-order valence-electron chi connectivity index (χ0n) is 21.7. The lowest BCUT2D eigenvalue weighted by Crippen LogP contribution is -2.33. The first-order valence-corrected chi connectivity index (χ1v) is 14.4. The van der Waals surface area contributed by atoms with Gasteiger partial charge in [0.15, 0.2) is 0 Å². The summed E-state index contributed by atoms with van der Waals surface area (Å²) >= 11 is 2.24. The van der Waals surface area contributed by atoms with Gasteiger partial charge in [-0.3, -0.25) is 23.7 Å². The van der Waals surface area contributed by atoms with Crippen molar-refractivity contribution in [3.8, 4) is 5.75 Å². The average Bonchev–Trinajstić information content (AvgIpc) is 3.40. The topological polar surface area (TPSA) is 97.7 Å². The van der Waals surface area contributed by atoms with E-state index in [0.29, 0.717) is 27.0 Å². The molecule has 8 nitrogen and oxygen atoms in total. The molecule has 1 aromatic heterocycles. The smallest absolute Gasteiger partial charge is 0.308 e. The molecule has 3 heterocycles. The number of thioether (sulfide) groups is 1. The summed E-state index contributed by atoms with van der Waals surface area (Å²) in [5.74, 6) is -1.47. The van der Waals surface area contributed by atoms with Crippen LogP contribution in [0.4, 0.5) is 11.4 Å². The van der Waals surface area contributed by atoms with Crippen molar-refractivity contribution in [3.05, 3.63) is 105 Å². The van der Waals surface area contributed by atoms with Crippen molar-refractivity contribution in [3.63, 3.8) is 0 Å². The quantitative estimate of drug-likeness (QED) is 0.338. The summed E-state index contributed by atoms with van der Waals surface area (Å²) in [5, 5.41) is 2.65. The molecule has 10 heteroatoms. The van der Waals surface area contributed by atoms with Crippen LogP contribution in [0.2, 0.25) is 0 Å². The number of hydrogen-bond donors (Lipinski definition) is 1. The van der Waals surface area contributed by atoms with Crippen molar-refractivity contribution >= 4 is 52.2 Å². The zero-order valence-corrected chi connectivity index (χ0v) is 23.3. The Hall–Kier alpha value is -4.15. The van der Waals surface area contributed by atoms with Crippen LogP contribution in [0.5, 0.6) is 5.75 Å². The van der Waals surface area contributed by atoms with Gasteiger partial charge in [0.05, 0.1) is 23.7 Å². The Morgan fingerprint density at radius 2 is 1.62 bits per heavy atom. The lowest BCUT2D eigenvalue weighted by atomic mass is 9.83. The third-order valence-electron chi connectivity index (χ3n) is 7.18. The summed E-state index contributed by atoms with van der Waals surface area (Å²) < 4.78 is 6.58. The third-order valence-corrected chi connectivity index (χ3v) is 9.78. The molecule has 3 aromatic carbocycles. The van der Waals surface area contributed by atoms with E-state index in [-0.39, 0.29) is 29.1 Å². The van der Waals surface area contributed by atoms with Crippen LogP contribution >= 0.6 is 23.1 Å². The van der Waals surface area contributed by atoms with Crippen LogP contribution in [0.3, 0.4) is 0 Å². The number of anilines is 2. The number of aromatic nitrogens is 1. The van der Waals surface area contributed by atoms with Crippen LogP contribution in [0.1, 0.15) is 21.9 Å². The molecule has 0 saturated carbocycles. The van der Waals surface area contributed by atoms with Crippen LogP contribution < -0.4 is 19.8 Å². The number of carbonyl (C=O) groups is 3. The molecule has 0 spiro atoms. The minimum atomic E-state index is -0.726. The number of aryl methyl sites for hydroxylation is 1. The van der Waals surface area contributed by atoms with Crippen LogP contribution in [-0.2, 0) is 20.9 Å². The number of ether oxygens (including phenoxy) is 1. The van der Waals surface area contributed by atoms with Crippen molar-refractivity contribution < 1.29 is 19.1 Å². The van der Waals surface area contributed by atoms with E-state index in [1.165, 1.54) is 21.2 Å².